The van der Waals surface area contributed by atoms with Gasteiger partial charge in [-0.15, -0.1) is 24.2 Å². The molecule has 0 aliphatic carbocycles. The number of carbonyl (C=O) groups is 2. The molecule has 1 rings (SSSR count). The lowest BCUT2D eigenvalue weighted by Crippen LogP contribution is -2.53. The van der Waals surface area contributed by atoms with Gasteiger partial charge in [0.1, 0.15) is 6.04 Å². The molecule has 1 unspecified atom stereocenters. The minimum absolute atomic E-state index is 0. The molecule has 0 aromatic heterocycles. The number of carbonyl (C=O) groups excluding carboxylic acids is 2. The number of amides is 2. The lowest BCUT2D eigenvalue weighted by atomic mass is 9.94. The number of nitrogens with two attached hydrogens (primary N) is 1. The third-order valence-electron chi connectivity index (χ3n) is 2.81. The molecule has 5 nitrogen and oxygen atoms in total. The fourth-order valence-corrected chi connectivity index (χ4v) is 2.88. The SMILES string of the molecule is CC(C)(N)CNC(=O)C1CSCN1C(=O)C(C)(C)C.Cl. The summed E-state index contributed by atoms with van der Waals surface area (Å²) in [6.07, 6.45) is 0. The van der Waals surface area contributed by atoms with E-state index >= 15 is 0 Å². The molecule has 1 saturated heterocycles. The van der Waals surface area contributed by atoms with Crippen LogP contribution in [0, 0.1) is 5.41 Å². The third-order valence-corrected chi connectivity index (χ3v) is 3.82. The summed E-state index contributed by atoms with van der Waals surface area (Å²) in [5.74, 6) is 1.14. The van der Waals surface area contributed by atoms with E-state index in [-0.39, 0.29) is 30.3 Å². The van der Waals surface area contributed by atoms with Crippen LogP contribution in [0.2, 0.25) is 0 Å². The molecule has 0 aromatic carbocycles. The van der Waals surface area contributed by atoms with E-state index in [1.165, 1.54) is 0 Å². The first-order valence-corrected chi connectivity index (χ1v) is 7.63. The standard InChI is InChI=1S/C13H25N3O2S.ClH/c1-12(2,3)11(18)16-8-19-6-9(16)10(17)15-7-13(4,5)14;/h9H,6-8,14H2,1-5H3,(H,15,17);1H. The molecular formula is C13H26ClN3O2S. The summed E-state index contributed by atoms with van der Waals surface area (Å²) >= 11 is 1.61. The summed E-state index contributed by atoms with van der Waals surface area (Å²) in [4.78, 5) is 26.1. The predicted molar refractivity (Wildman–Crippen MR) is 85.9 cm³/mol. The van der Waals surface area contributed by atoms with Crippen molar-refractivity contribution in [3.05, 3.63) is 0 Å². The maximum Gasteiger partial charge on any atom is 0.243 e. The van der Waals surface area contributed by atoms with E-state index in [9.17, 15) is 9.59 Å². The number of hydrogen-bond donors (Lipinski definition) is 2. The Morgan fingerprint density at radius 2 is 1.85 bits per heavy atom. The summed E-state index contributed by atoms with van der Waals surface area (Å²) in [7, 11) is 0. The van der Waals surface area contributed by atoms with Crippen molar-refractivity contribution >= 4 is 36.0 Å². The molecule has 1 aliphatic rings. The number of hydrogen-bond acceptors (Lipinski definition) is 4. The molecule has 1 aliphatic heterocycles. The third kappa shape index (κ3) is 5.50. The van der Waals surface area contributed by atoms with Gasteiger partial charge < -0.3 is 16.0 Å². The van der Waals surface area contributed by atoms with Gasteiger partial charge in [-0.2, -0.15) is 0 Å². The van der Waals surface area contributed by atoms with Crippen LogP contribution in [0.4, 0.5) is 0 Å². The van der Waals surface area contributed by atoms with Crippen LogP contribution in [0.3, 0.4) is 0 Å². The van der Waals surface area contributed by atoms with Crippen molar-refractivity contribution in [2.75, 3.05) is 18.2 Å². The molecule has 3 N–H and O–H groups in total. The molecular weight excluding hydrogens is 298 g/mol. The van der Waals surface area contributed by atoms with Crippen molar-refractivity contribution in [3.63, 3.8) is 0 Å². The summed E-state index contributed by atoms with van der Waals surface area (Å²) < 4.78 is 0. The highest BCUT2D eigenvalue weighted by Crippen LogP contribution is 2.27. The van der Waals surface area contributed by atoms with Crippen molar-refractivity contribution in [1.29, 1.82) is 0 Å². The normalized spacial score (nSPS) is 19.5. The van der Waals surface area contributed by atoms with Gasteiger partial charge in [-0.25, -0.2) is 0 Å². The summed E-state index contributed by atoms with van der Waals surface area (Å²) in [6, 6.07) is -0.376. The Kier molecular flexibility index (Phi) is 6.84. The van der Waals surface area contributed by atoms with Crippen LogP contribution in [0.15, 0.2) is 0 Å². The molecule has 0 bridgehead atoms. The smallest absolute Gasteiger partial charge is 0.243 e. The van der Waals surface area contributed by atoms with E-state index in [4.69, 9.17) is 5.73 Å². The summed E-state index contributed by atoms with van der Waals surface area (Å²) in [5.41, 5.74) is 4.94. The number of halogens is 1. The van der Waals surface area contributed by atoms with E-state index in [2.05, 4.69) is 5.32 Å². The van der Waals surface area contributed by atoms with Crippen molar-refractivity contribution in [1.82, 2.24) is 10.2 Å². The molecule has 0 saturated carbocycles. The number of rotatable bonds is 3. The van der Waals surface area contributed by atoms with Crippen molar-refractivity contribution in [2.24, 2.45) is 11.1 Å². The number of thioether (sulfide) groups is 1. The maximum absolute atomic E-state index is 12.3. The van der Waals surface area contributed by atoms with Crippen LogP contribution in [0.5, 0.6) is 0 Å². The molecule has 118 valence electrons. The Hall–Kier alpha value is -0.460. The first-order chi connectivity index (χ1) is 8.52. The van der Waals surface area contributed by atoms with Crippen LogP contribution < -0.4 is 11.1 Å². The first-order valence-electron chi connectivity index (χ1n) is 6.48. The van der Waals surface area contributed by atoms with Gasteiger partial charge in [0.15, 0.2) is 0 Å². The minimum Gasteiger partial charge on any atom is -0.352 e. The van der Waals surface area contributed by atoms with Crippen molar-refractivity contribution in [2.45, 2.75) is 46.2 Å². The molecule has 2 amide bonds. The van der Waals surface area contributed by atoms with Gasteiger partial charge >= 0.3 is 0 Å². The lowest BCUT2D eigenvalue weighted by Gasteiger charge is -2.30. The second-order valence-electron chi connectivity index (χ2n) is 6.75. The van der Waals surface area contributed by atoms with Gasteiger partial charge in [0, 0.05) is 23.3 Å². The van der Waals surface area contributed by atoms with E-state index in [1.807, 2.05) is 34.6 Å². The molecule has 0 spiro atoms. The average molecular weight is 324 g/mol. The maximum atomic E-state index is 12.3. The molecule has 0 radical (unpaired) electrons. The zero-order valence-corrected chi connectivity index (χ0v) is 14.5. The largest absolute Gasteiger partial charge is 0.352 e. The zero-order chi connectivity index (χ0) is 14.8. The predicted octanol–water partition coefficient (Wildman–Crippen LogP) is 1.21. The Labute approximate surface area is 131 Å². The van der Waals surface area contributed by atoms with Gasteiger partial charge in [-0.3, -0.25) is 9.59 Å². The fraction of sp³-hybridized carbons (Fsp3) is 0.846. The van der Waals surface area contributed by atoms with E-state index in [0.29, 0.717) is 18.2 Å². The van der Waals surface area contributed by atoms with Crippen LogP contribution in [-0.2, 0) is 9.59 Å². The van der Waals surface area contributed by atoms with E-state index in [1.54, 1.807) is 16.7 Å². The minimum atomic E-state index is -0.462. The quantitative estimate of drug-likeness (QED) is 0.818. The molecule has 1 fully saturated rings. The monoisotopic (exact) mass is 323 g/mol. The first kappa shape index (κ1) is 19.5. The van der Waals surface area contributed by atoms with E-state index in [0.717, 1.165) is 0 Å². The molecule has 1 atom stereocenters. The molecule has 0 aromatic rings. The number of nitrogens with one attached hydrogen (secondary N) is 1. The second kappa shape index (κ2) is 7.00. The van der Waals surface area contributed by atoms with Crippen LogP contribution >= 0.6 is 24.2 Å². The highest BCUT2D eigenvalue weighted by Gasteiger charge is 2.39. The number of nitrogens with zero attached hydrogens (tertiary/aromatic N) is 1. The van der Waals surface area contributed by atoms with E-state index < -0.39 is 11.0 Å². The van der Waals surface area contributed by atoms with Gasteiger partial charge in [-0.1, -0.05) is 20.8 Å². The highest BCUT2D eigenvalue weighted by molar-refractivity contribution is 7.99. The van der Waals surface area contributed by atoms with Gasteiger partial charge in [0.2, 0.25) is 11.8 Å². The second-order valence-corrected chi connectivity index (χ2v) is 7.75. The molecule has 20 heavy (non-hydrogen) atoms. The zero-order valence-electron chi connectivity index (χ0n) is 12.9. The van der Waals surface area contributed by atoms with Crippen LogP contribution in [0.1, 0.15) is 34.6 Å². The summed E-state index contributed by atoms with van der Waals surface area (Å²) in [5, 5.41) is 2.83. The Morgan fingerprint density at radius 1 is 1.30 bits per heavy atom. The van der Waals surface area contributed by atoms with Crippen molar-refractivity contribution < 1.29 is 9.59 Å². The highest BCUT2D eigenvalue weighted by atomic mass is 35.5. The average Bonchev–Trinajstić information content (AvgIpc) is 2.71. The van der Waals surface area contributed by atoms with Gasteiger partial charge in [0.25, 0.3) is 0 Å². The lowest BCUT2D eigenvalue weighted by molar-refractivity contribution is -0.144. The van der Waals surface area contributed by atoms with Crippen molar-refractivity contribution in [3.8, 4) is 0 Å². The Morgan fingerprint density at radius 3 is 2.30 bits per heavy atom. The topological polar surface area (TPSA) is 75.4 Å². The Balaban J connectivity index is 0.00000361. The Bertz CT molecular complexity index is 364. The summed E-state index contributed by atoms with van der Waals surface area (Å²) in [6.45, 7) is 9.73. The molecule has 7 heteroatoms. The van der Waals surface area contributed by atoms with Crippen LogP contribution in [-0.4, -0.2) is 46.5 Å². The van der Waals surface area contributed by atoms with Crippen LogP contribution in [0.25, 0.3) is 0 Å². The molecule has 1 heterocycles. The van der Waals surface area contributed by atoms with Gasteiger partial charge in [0.05, 0.1) is 5.88 Å². The fourth-order valence-electron chi connectivity index (χ4n) is 1.72. The van der Waals surface area contributed by atoms with Gasteiger partial charge in [-0.05, 0) is 13.8 Å².